The zero-order valence-electron chi connectivity index (χ0n) is 8.52. The van der Waals surface area contributed by atoms with E-state index >= 15 is 0 Å². The zero-order valence-corrected chi connectivity index (χ0v) is 10.1. The predicted octanol–water partition coefficient (Wildman–Crippen LogP) is 4.66. The summed E-state index contributed by atoms with van der Waals surface area (Å²) in [7, 11) is 0. The second-order valence-electron chi connectivity index (χ2n) is 3.75. The molecule has 0 saturated heterocycles. The van der Waals surface area contributed by atoms with Crippen molar-refractivity contribution in [3.8, 4) is 0 Å². The molecule has 80 valence electrons. The molecule has 0 aliphatic rings. The molecular weight excluding hydrogens is 262 g/mol. The summed E-state index contributed by atoms with van der Waals surface area (Å²) >= 11 is 3.40. The normalized spacial score (nSPS) is 10.7. The first-order chi connectivity index (χ1) is 6.93. The number of allylic oxidation sites excluding steroid dienone is 1. The van der Waals surface area contributed by atoms with Crippen molar-refractivity contribution in [1.82, 2.24) is 0 Å². The molecule has 0 heterocycles. The van der Waals surface area contributed by atoms with E-state index in [2.05, 4.69) is 15.9 Å². The fraction of sp³-hybridized carbons (Fsp3) is 0.250. The van der Waals surface area contributed by atoms with Gasteiger partial charge in [0.25, 0.3) is 0 Å². The van der Waals surface area contributed by atoms with Gasteiger partial charge in [0, 0.05) is 9.89 Å². The molecule has 3 heteroatoms. The van der Waals surface area contributed by atoms with Gasteiger partial charge < -0.3 is 0 Å². The molecule has 0 amide bonds. The summed E-state index contributed by atoms with van der Waals surface area (Å²) in [5.74, 6) is 0. The summed E-state index contributed by atoms with van der Waals surface area (Å²) in [5, 5.41) is 0. The first kappa shape index (κ1) is 12.2. The average molecular weight is 273 g/mol. The lowest BCUT2D eigenvalue weighted by molar-refractivity contribution is 0.423. The third-order valence-electron chi connectivity index (χ3n) is 2.11. The number of hydrogen-bond acceptors (Lipinski definition) is 0. The van der Waals surface area contributed by atoms with Crippen LogP contribution in [-0.4, -0.2) is 0 Å². The molecule has 1 rings (SSSR count). The highest BCUT2D eigenvalue weighted by Crippen LogP contribution is 2.30. The first-order valence-corrected chi connectivity index (χ1v) is 5.26. The van der Waals surface area contributed by atoms with Crippen molar-refractivity contribution >= 4 is 15.9 Å². The van der Waals surface area contributed by atoms with Gasteiger partial charge in [-0.15, -0.1) is 0 Å². The van der Waals surface area contributed by atoms with E-state index in [1.807, 2.05) is 43.8 Å². The van der Waals surface area contributed by atoms with E-state index in [9.17, 15) is 8.78 Å². The summed E-state index contributed by atoms with van der Waals surface area (Å²) in [6.45, 7) is 3.73. The van der Waals surface area contributed by atoms with E-state index in [4.69, 9.17) is 0 Å². The van der Waals surface area contributed by atoms with E-state index in [1.165, 1.54) is 6.08 Å². The summed E-state index contributed by atoms with van der Waals surface area (Å²) in [6, 6.07) is 7.56. The Kier molecular flexibility index (Phi) is 3.83. The molecule has 0 nitrogen and oxygen atoms in total. The van der Waals surface area contributed by atoms with Crippen LogP contribution in [0.25, 0.3) is 0 Å². The predicted molar refractivity (Wildman–Crippen MR) is 61.0 cm³/mol. The highest BCUT2D eigenvalue weighted by Gasteiger charge is 2.19. The molecule has 0 unspecified atom stereocenters. The van der Waals surface area contributed by atoms with Crippen LogP contribution < -0.4 is 0 Å². The van der Waals surface area contributed by atoms with Gasteiger partial charge in [-0.1, -0.05) is 53.7 Å². The minimum atomic E-state index is -1.80. The molecule has 0 N–H and O–H groups in total. The van der Waals surface area contributed by atoms with Crippen molar-refractivity contribution in [2.45, 2.75) is 19.3 Å². The molecule has 0 aromatic heterocycles. The standard InChI is InChI=1S/C12H11BrF2/c1-12(2,8-7-11(14)15)9-5-3-4-6-10(9)13/h3-6,8H,1-2H3. The second-order valence-corrected chi connectivity index (χ2v) is 4.60. The van der Waals surface area contributed by atoms with Gasteiger partial charge in [0.2, 0.25) is 0 Å². The van der Waals surface area contributed by atoms with Gasteiger partial charge in [0.05, 0.1) is 0 Å². The lowest BCUT2D eigenvalue weighted by Gasteiger charge is -2.21. The lowest BCUT2D eigenvalue weighted by Crippen LogP contribution is -2.13. The number of halogens is 3. The molecule has 0 aliphatic carbocycles. The third kappa shape index (κ3) is 3.29. The highest BCUT2D eigenvalue weighted by atomic mass is 79.9. The van der Waals surface area contributed by atoms with Crippen LogP contribution in [0.5, 0.6) is 0 Å². The molecule has 0 bridgehead atoms. The molecule has 0 atom stereocenters. The van der Waals surface area contributed by atoms with E-state index in [-0.39, 0.29) is 0 Å². The van der Waals surface area contributed by atoms with Crippen molar-refractivity contribution in [3.63, 3.8) is 0 Å². The lowest BCUT2D eigenvalue weighted by atomic mass is 9.85. The number of rotatable bonds is 2. The van der Waals surface area contributed by atoms with Crippen molar-refractivity contribution in [3.05, 3.63) is 52.2 Å². The Morgan fingerprint density at radius 2 is 1.93 bits per heavy atom. The Labute approximate surface area is 96.4 Å². The van der Waals surface area contributed by atoms with Gasteiger partial charge in [-0.25, -0.2) is 0 Å². The van der Waals surface area contributed by atoms with Crippen LogP contribution in [0, 0.1) is 0 Å². The first-order valence-electron chi connectivity index (χ1n) is 4.47. The van der Waals surface area contributed by atoms with Gasteiger partial charge in [0.1, 0.15) is 0 Å². The van der Waals surface area contributed by atoms with Crippen molar-refractivity contribution < 1.29 is 8.78 Å². The van der Waals surface area contributed by atoms with Gasteiger partial charge >= 0.3 is 6.08 Å². The van der Waals surface area contributed by atoms with Crippen molar-refractivity contribution in [2.24, 2.45) is 0 Å². The Hall–Kier alpha value is -0.920. The van der Waals surface area contributed by atoms with Crippen LogP contribution in [0.3, 0.4) is 0 Å². The number of hydrogen-bond donors (Lipinski definition) is 0. The summed E-state index contributed by atoms with van der Waals surface area (Å²) in [6.07, 6.45) is -0.419. The van der Waals surface area contributed by atoms with E-state index < -0.39 is 11.5 Å². The molecule has 1 aromatic rings. The SMILES string of the molecule is CC(C)(C=C=C(F)F)c1ccccc1Br. The smallest absolute Gasteiger partial charge is 0.164 e. The number of benzene rings is 1. The fourth-order valence-electron chi connectivity index (χ4n) is 1.30. The van der Waals surface area contributed by atoms with Gasteiger partial charge in [-0.2, -0.15) is 8.78 Å². The highest BCUT2D eigenvalue weighted by molar-refractivity contribution is 9.10. The van der Waals surface area contributed by atoms with E-state index in [0.717, 1.165) is 10.0 Å². The van der Waals surface area contributed by atoms with Crippen LogP contribution in [0.2, 0.25) is 0 Å². The molecular formula is C12H11BrF2. The quantitative estimate of drug-likeness (QED) is 0.687. The maximum Gasteiger partial charge on any atom is 0.312 e. The largest absolute Gasteiger partial charge is 0.312 e. The molecule has 0 saturated carbocycles. The Bertz CT molecular complexity index is 411. The maximum atomic E-state index is 11.9. The molecule has 0 aliphatic heterocycles. The average Bonchev–Trinajstić information content (AvgIpc) is 2.15. The topological polar surface area (TPSA) is 0 Å². The minimum Gasteiger partial charge on any atom is -0.164 e. The third-order valence-corrected chi connectivity index (χ3v) is 2.80. The second kappa shape index (κ2) is 4.73. The Morgan fingerprint density at radius 1 is 1.33 bits per heavy atom. The molecule has 1 aromatic carbocycles. The van der Waals surface area contributed by atoms with Crippen molar-refractivity contribution in [1.29, 1.82) is 0 Å². The van der Waals surface area contributed by atoms with Crippen LogP contribution >= 0.6 is 15.9 Å². The molecule has 15 heavy (non-hydrogen) atoms. The zero-order chi connectivity index (χ0) is 11.5. The minimum absolute atomic E-state index is 0.469. The maximum absolute atomic E-state index is 11.9. The molecule has 0 fully saturated rings. The Balaban J connectivity index is 3.17. The van der Waals surface area contributed by atoms with E-state index in [1.54, 1.807) is 0 Å². The van der Waals surface area contributed by atoms with Gasteiger partial charge in [0.15, 0.2) is 0 Å². The summed E-state index contributed by atoms with van der Waals surface area (Å²) < 4.78 is 24.8. The van der Waals surface area contributed by atoms with Gasteiger partial charge in [-0.3, -0.25) is 0 Å². The summed E-state index contributed by atoms with van der Waals surface area (Å²) in [4.78, 5) is 0. The van der Waals surface area contributed by atoms with E-state index in [0.29, 0.717) is 0 Å². The van der Waals surface area contributed by atoms with Crippen LogP contribution in [0.15, 0.2) is 46.6 Å². The van der Waals surface area contributed by atoms with Crippen LogP contribution in [0.1, 0.15) is 19.4 Å². The fourth-order valence-corrected chi connectivity index (χ4v) is 2.09. The van der Waals surface area contributed by atoms with Crippen LogP contribution in [-0.2, 0) is 5.41 Å². The summed E-state index contributed by atoms with van der Waals surface area (Å²) in [5.41, 5.74) is 2.44. The Morgan fingerprint density at radius 3 is 2.47 bits per heavy atom. The monoisotopic (exact) mass is 272 g/mol. The molecule has 0 spiro atoms. The van der Waals surface area contributed by atoms with Crippen molar-refractivity contribution in [2.75, 3.05) is 0 Å². The van der Waals surface area contributed by atoms with Crippen LogP contribution in [0.4, 0.5) is 8.78 Å². The molecule has 0 radical (unpaired) electrons. The van der Waals surface area contributed by atoms with Gasteiger partial charge in [-0.05, 0) is 17.7 Å².